The first kappa shape index (κ1) is 63.0. The van der Waals surface area contributed by atoms with E-state index in [1.165, 1.54) is 0 Å². The third kappa shape index (κ3) is 10.4. The van der Waals surface area contributed by atoms with Crippen LogP contribution in [-0.2, 0) is 47.4 Å². The van der Waals surface area contributed by atoms with Gasteiger partial charge in [0.1, 0.15) is 97.7 Å². The van der Waals surface area contributed by atoms with Gasteiger partial charge in [0, 0.05) is 0 Å². The largest absolute Gasteiger partial charge is 0.394 e. The van der Waals surface area contributed by atoms with Crippen LogP contribution >= 0.6 is 0 Å². The molecule has 10 rings (SSSR count). The first-order valence-electron chi connectivity index (χ1n) is 29.4. The fourth-order valence-corrected chi connectivity index (χ4v) is 18.5. The van der Waals surface area contributed by atoms with E-state index in [9.17, 15) is 76.6 Å². The minimum atomic E-state index is -1.89. The molecule has 33 atom stereocenters. The van der Waals surface area contributed by atoms with E-state index in [2.05, 4.69) is 27.7 Å². The van der Waals surface area contributed by atoms with Crippen molar-refractivity contribution in [3.05, 3.63) is 0 Å². The summed E-state index contributed by atoms with van der Waals surface area (Å²) in [5.74, 6) is -0.673. The first-order valence-corrected chi connectivity index (χ1v) is 29.4. The Bertz CT molecular complexity index is 2160. The Hall–Kier alpha value is -1.00. The summed E-state index contributed by atoms with van der Waals surface area (Å²) in [7, 11) is 0. The fourth-order valence-electron chi connectivity index (χ4n) is 18.5. The molecule has 0 aromatic carbocycles. The van der Waals surface area contributed by atoms with Crippen molar-refractivity contribution in [1.82, 2.24) is 0 Å². The Labute approximate surface area is 472 Å². The molecule has 0 radical (unpaired) electrons. The summed E-state index contributed by atoms with van der Waals surface area (Å²) < 4.78 is 61.5. The molecule has 0 bridgehead atoms. The lowest BCUT2D eigenvalue weighted by Gasteiger charge is -2.76. The maximum atomic E-state index is 13.1. The van der Waals surface area contributed by atoms with Crippen LogP contribution in [0.1, 0.15) is 107 Å². The van der Waals surface area contributed by atoms with E-state index in [4.69, 9.17) is 47.4 Å². The number of ether oxygens (including phenoxy) is 10. The summed E-state index contributed by atoms with van der Waals surface area (Å²) in [5.41, 5.74) is -3.80. The Morgan fingerprint density at radius 1 is 0.481 bits per heavy atom. The normalized spacial score (nSPS) is 56.7. The maximum absolute atomic E-state index is 13.1. The van der Waals surface area contributed by atoms with Crippen molar-refractivity contribution in [3.63, 3.8) is 0 Å². The molecule has 5 saturated heterocycles. The highest BCUT2D eigenvalue weighted by molar-refractivity contribution is 5.24. The van der Waals surface area contributed by atoms with Gasteiger partial charge in [-0.2, -0.15) is 0 Å². The molecule has 5 aliphatic heterocycles. The lowest BCUT2D eigenvalue weighted by molar-refractivity contribution is -0.387. The zero-order chi connectivity index (χ0) is 59.0. The highest BCUT2D eigenvalue weighted by Gasteiger charge is 2.76. The lowest BCUT2D eigenvalue weighted by atomic mass is 9.29. The van der Waals surface area contributed by atoms with Gasteiger partial charge in [-0.05, 0) is 122 Å². The molecule has 5 heterocycles. The monoisotopic (exact) mass is 1170 g/mol. The van der Waals surface area contributed by atoms with E-state index >= 15 is 0 Å². The van der Waals surface area contributed by atoms with Crippen molar-refractivity contribution >= 4 is 0 Å². The quantitative estimate of drug-likeness (QED) is 0.0858. The van der Waals surface area contributed by atoms with Crippen LogP contribution in [0.25, 0.3) is 0 Å². The zero-order valence-corrected chi connectivity index (χ0v) is 47.7. The summed E-state index contributed by atoms with van der Waals surface area (Å²) in [6.07, 6.45) is -29.9. The van der Waals surface area contributed by atoms with Crippen LogP contribution < -0.4 is 0 Å². The maximum Gasteiger partial charge on any atom is 0.187 e. The molecular weight excluding hydrogens is 1070 g/mol. The van der Waals surface area contributed by atoms with Gasteiger partial charge in [-0.1, -0.05) is 41.5 Å². The SMILES string of the molecule is CC(C)(O)[C@H]1CC[C@H]2[C@@H]1[C@@H](O[C@@H]1OC[C@H](O)[C@H](O[C@@H]3OC[C@@H](O)[C@H](O)[C@H]3O)[C@H]1O)C[C@@]1(C)[C@]3(C)C[C@H](O)[C@H]4C(C)(C)[C@@H](O[C@@H]5OC[C@H](O)[C@H](O[C@@H]6OC[C@@H](O)[C@H](O)[C@H]6O)[C@H]5O[C@@H]5O[C@H](CO)[C@@H](O)[C@H](O)[C@H]5O)CC[C@]4(C)[C@H]3CC[C@]21C. The molecule has 10 fully saturated rings. The topological polar surface area (TPSA) is 396 Å². The van der Waals surface area contributed by atoms with Crippen molar-refractivity contribution < 1.29 is 124 Å². The Kier molecular flexibility index (Phi) is 17.8. The molecule has 25 heteroatoms. The molecular formula is C56H94O25. The predicted octanol–water partition coefficient (Wildman–Crippen LogP) is -3.16. The van der Waals surface area contributed by atoms with Gasteiger partial charge in [0.2, 0.25) is 0 Å². The highest BCUT2D eigenvalue weighted by Crippen LogP contribution is 2.80. The second kappa shape index (κ2) is 22.9. The van der Waals surface area contributed by atoms with Gasteiger partial charge in [0.05, 0.1) is 56.9 Å². The fraction of sp³-hybridized carbons (Fsp3) is 1.00. The van der Waals surface area contributed by atoms with Gasteiger partial charge in [-0.15, -0.1) is 0 Å². The summed E-state index contributed by atoms with van der Waals surface area (Å²) in [5, 5.41) is 165. The van der Waals surface area contributed by atoms with E-state index < -0.39 is 195 Å². The summed E-state index contributed by atoms with van der Waals surface area (Å²) in [6.45, 7) is 14.7. The predicted molar refractivity (Wildman–Crippen MR) is 274 cm³/mol. The number of aliphatic hydroxyl groups excluding tert-OH is 14. The van der Waals surface area contributed by atoms with Gasteiger partial charge < -0.3 is 124 Å². The third-order valence-electron chi connectivity index (χ3n) is 22.9. The van der Waals surface area contributed by atoms with Crippen molar-refractivity contribution in [2.45, 2.75) is 260 Å². The Balaban J connectivity index is 0.922. The molecule has 5 saturated carbocycles. The summed E-state index contributed by atoms with van der Waals surface area (Å²) in [4.78, 5) is 0. The van der Waals surface area contributed by atoms with Crippen LogP contribution in [0.15, 0.2) is 0 Å². The van der Waals surface area contributed by atoms with Crippen molar-refractivity contribution in [1.29, 1.82) is 0 Å². The zero-order valence-electron chi connectivity index (χ0n) is 47.7. The Morgan fingerprint density at radius 2 is 1.01 bits per heavy atom. The van der Waals surface area contributed by atoms with Crippen LogP contribution in [0, 0.1) is 56.7 Å². The van der Waals surface area contributed by atoms with Gasteiger partial charge in [0.15, 0.2) is 31.5 Å². The second-order valence-corrected chi connectivity index (χ2v) is 27.9. The molecule has 15 N–H and O–H groups in total. The molecule has 0 spiro atoms. The Morgan fingerprint density at radius 3 is 1.60 bits per heavy atom. The van der Waals surface area contributed by atoms with Gasteiger partial charge in [-0.25, -0.2) is 0 Å². The molecule has 25 nitrogen and oxygen atoms in total. The lowest BCUT2D eigenvalue weighted by Crippen LogP contribution is -2.73. The average molecular weight is 1170 g/mol. The van der Waals surface area contributed by atoms with E-state index in [-0.39, 0.29) is 48.2 Å². The van der Waals surface area contributed by atoms with E-state index in [1.54, 1.807) is 0 Å². The minimum absolute atomic E-state index is 0.0394. The standard InChI is InChI=1S/C56H94O25/c1-51(2)32(78-50-44(81-49-40(69)37(66)36(65)30(17-57)77-49)43(28(62)21-75-50)80-47-39(68)35(64)26(60)19-73-47)12-13-53(5)31-11-14-54(6)23-10-9-22(52(3,4)71)33(23)29(16-56(54,8)55(31,7)15-24(58)45(51)53)76-48-41(70)42(27(61)20-74-48)79-46-38(67)34(63)25(59)18-72-46/h22-50,57-71H,9-21H2,1-8H3/t22-,23-,24-,25+,26+,27-,28-,29-,30+,31+,32-,33+,34-,35-,36+,37-,38+,39+,40+,41+,42-,43-,44+,45-,46-,47-,48-,49-,50-,53+,54+,55+,56+/m0/s1. The highest BCUT2D eigenvalue weighted by atomic mass is 16.8. The van der Waals surface area contributed by atoms with Gasteiger partial charge >= 0.3 is 0 Å². The smallest absolute Gasteiger partial charge is 0.187 e. The van der Waals surface area contributed by atoms with Crippen molar-refractivity contribution in [2.75, 3.05) is 33.0 Å². The minimum Gasteiger partial charge on any atom is -0.394 e. The van der Waals surface area contributed by atoms with Crippen LogP contribution in [0.3, 0.4) is 0 Å². The van der Waals surface area contributed by atoms with E-state index in [0.29, 0.717) is 25.7 Å². The van der Waals surface area contributed by atoms with Crippen LogP contribution in [0.5, 0.6) is 0 Å². The first-order chi connectivity index (χ1) is 37.8. The van der Waals surface area contributed by atoms with Crippen molar-refractivity contribution in [2.24, 2.45) is 56.7 Å². The molecule has 0 unspecified atom stereocenters. The summed E-state index contributed by atoms with van der Waals surface area (Å²) in [6, 6.07) is 0. The van der Waals surface area contributed by atoms with Gasteiger partial charge in [0.25, 0.3) is 0 Å². The number of hydrogen-bond donors (Lipinski definition) is 15. The number of aliphatic hydroxyl groups is 15. The second-order valence-electron chi connectivity index (χ2n) is 27.9. The average Bonchev–Trinajstić information content (AvgIpc) is 3.82. The molecule has 0 aromatic heterocycles. The van der Waals surface area contributed by atoms with E-state index in [0.717, 1.165) is 25.7 Å². The number of hydrogen-bond acceptors (Lipinski definition) is 25. The molecule has 10 aliphatic rings. The number of rotatable bonds is 12. The molecule has 0 amide bonds. The van der Waals surface area contributed by atoms with Crippen LogP contribution in [-0.4, -0.2) is 263 Å². The molecule has 468 valence electrons. The van der Waals surface area contributed by atoms with Gasteiger partial charge in [-0.3, -0.25) is 0 Å². The summed E-state index contributed by atoms with van der Waals surface area (Å²) >= 11 is 0. The van der Waals surface area contributed by atoms with Crippen LogP contribution in [0.2, 0.25) is 0 Å². The molecule has 0 aromatic rings. The van der Waals surface area contributed by atoms with Crippen molar-refractivity contribution in [3.8, 4) is 0 Å². The molecule has 81 heavy (non-hydrogen) atoms. The third-order valence-corrected chi connectivity index (χ3v) is 22.9. The van der Waals surface area contributed by atoms with Crippen LogP contribution in [0.4, 0.5) is 0 Å². The number of fused-ring (bicyclic) bond motifs is 7. The van der Waals surface area contributed by atoms with E-state index in [1.807, 2.05) is 27.7 Å². The molecule has 5 aliphatic carbocycles.